The van der Waals surface area contributed by atoms with Gasteiger partial charge in [0.25, 0.3) is 5.91 Å². The molecule has 0 saturated heterocycles. The molecule has 0 fully saturated rings. The van der Waals surface area contributed by atoms with Crippen LogP contribution in [-0.2, 0) is 4.79 Å². The van der Waals surface area contributed by atoms with Gasteiger partial charge in [-0.1, -0.05) is 11.6 Å². The molecule has 1 N–H and O–H groups in total. The van der Waals surface area contributed by atoms with Gasteiger partial charge in [0.1, 0.15) is 23.1 Å². The van der Waals surface area contributed by atoms with E-state index in [0.29, 0.717) is 32.1 Å². The van der Waals surface area contributed by atoms with Crippen molar-refractivity contribution < 1.29 is 13.9 Å². The Labute approximate surface area is 147 Å². The normalized spacial score (nSPS) is 11.7. The van der Waals surface area contributed by atoms with Crippen molar-refractivity contribution in [1.29, 1.82) is 5.26 Å². The van der Waals surface area contributed by atoms with Crippen LogP contribution in [-0.4, -0.2) is 12.0 Å². The number of carbonyl (C=O) groups excluding carboxylic acids is 1. The van der Waals surface area contributed by atoms with Gasteiger partial charge in [0.15, 0.2) is 6.10 Å². The minimum Gasteiger partial charge on any atom is -0.480 e. The average Bonchev–Trinajstić information content (AvgIpc) is 2.76. The number of hydrogen-bond donors (Lipinski definition) is 1. The summed E-state index contributed by atoms with van der Waals surface area (Å²) in [5.74, 6) is 0.797. The maximum Gasteiger partial charge on any atom is 0.267 e. The van der Waals surface area contributed by atoms with Crippen molar-refractivity contribution >= 4 is 39.3 Å². The highest BCUT2D eigenvalue weighted by Crippen LogP contribution is 2.29. The Morgan fingerprint density at radius 2 is 2.17 bits per heavy atom. The molecule has 23 heavy (non-hydrogen) atoms. The molecule has 0 aliphatic carbocycles. The number of ether oxygens (including phenoxy) is 1. The molecule has 1 unspecified atom stereocenters. The number of furan rings is 1. The Bertz CT molecular complexity index is 795. The number of nitrogens with zero attached hydrogens (tertiary/aromatic N) is 1. The average molecular weight is 398 g/mol. The predicted molar refractivity (Wildman–Crippen MR) is 90.8 cm³/mol. The third-order valence-electron chi connectivity index (χ3n) is 3.30. The zero-order chi connectivity index (χ0) is 17.1. The first-order valence-corrected chi connectivity index (χ1v) is 7.93. The molecule has 7 heteroatoms. The summed E-state index contributed by atoms with van der Waals surface area (Å²) in [6, 6.07) is 7.03. The largest absolute Gasteiger partial charge is 0.480 e. The summed E-state index contributed by atoms with van der Waals surface area (Å²) in [4.78, 5) is 12.2. The van der Waals surface area contributed by atoms with Gasteiger partial charge in [0.2, 0.25) is 5.88 Å². The van der Waals surface area contributed by atoms with E-state index < -0.39 is 12.0 Å². The lowest BCUT2D eigenvalue weighted by Gasteiger charge is -2.15. The molecule has 0 saturated carbocycles. The molecule has 1 aromatic heterocycles. The summed E-state index contributed by atoms with van der Waals surface area (Å²) in [5, 5.41) is 12.3. The number of amides is 1. The maximum absolute atomic E-state index is 12.2. The molecule has 2 aromatic rings. The summed E-state index contributed by atoms with van der Waals surface area (Å²) < 4.78 is 11.7. The van der Waals surface area contributed by atoms with Crippen LogP contribution in [0.3, 0.4) is 0 Å². The van der Waals surface area contributed by atoms with Gasteiger partial charge in [0.05, 0.1) is 4.47 Å². The molecular weight excluding hydrogens is 384 g/mol. The van der Waals surface area contributed by atoms with Gasteiger partial charge in [0, 0.05) is 10.6 Å². The number of rotatable bonds is 4. The van der Waals surface area contributed by atoms with E-state index in [1.807, 2.05) is 6.07 Å². The fourth-order valence-electron chi connectivity index (χ4n) is 1.88. The van der Waals surface area contributed by atoms with Crippen LogP contribution >= 0.6 is 27.5 Å². The van der Waals surface area contributed by atoms with Gasteiger partial charge in [-0.2, -0.15) is 5.26 Å². The van der Waals surface area contributed by atoms with Crippen molar-refractivity contribution in [2.45, 2.75) is 26.9 Å². The number of nitriles is 1. The van der Waals surface area contributed by atoms with E-state index in [9.17, 15) is 4.79 Å². The van der Waals surface area contributed by atoms with Gasteiger partial charge in [-0.15, -0.1) is 0 Å². The monoisotopic (exact) mass is 396 g/mol. The second kappa shape index (κ2) is 7.07. The van der Waals surface area contributed by atoms with Gasteiger partial charge in [-0.3, -0.25) is 10.1 Å². The lowest BCUT2D eigenvalue weighted by atomic mass is 10.2. The number of benzene rings is 1. The Kier molecular flexibility index (Phi) is 5.34. The zero-order valence-electron chi connectivity index (χ0n) is 12.7. The summed E-state index contributed by atoms with van der Waals surface area (Å²) in [6.07, 6.45) is -0.787. The molecule has 1 heterocycles. The van der Waals surface area contributed by atoms with Crippen LogP contribution in [0.1, 0.15) is 23.8 Å². The first-order valence-electron chi connectivity index (χ1n) is 6.76. The Morgan fingerprint density at radius 3 is 2.78 bits per heavy atom. The molecule has 1 atom stereocenters. The highest BCUT2D eigenvalue weighted by Gasteiger charge is 2.21. The van der Waals surface area contributed by atoms with E-state index >= 15 is 0 Å². The van der Waals surface area contributed by atoms with Gasteiger partial charge in [-0.05, 0) is 54.9 Å². The minimum absolute atomic E-state index is 0.137. The number of anilines is 1. The molecule has 0 radical (unpaired) electrons. The zero-order valence-corrected chi connectivity index (χ0v) is 15.1. The smallest absolute Gasteiger partial charge is 0.267 e. The number of hydrogen-bond acceptors (Lipinski definition) is 4. The van der Waals surface area contributed by atoms with Crippen LogP contribution in [0.15, 0.2) is 27.1 Å². The van der Waals surface area contributed by atoms with Gasteiger partial charge >= 0.3 is 0 Å². The van der Waals surface area contributed by atoms with E-state index in [0.717, 1.165) is 0 Å². The van der Waals surface area contributed by atoms with Crippen LogP contribution < -0.4 is 10.1 Å². The molecule has 0 aliphatic heterocycles. The molecule has 0 spiro atoms. The molecule has 5 nitrogen and oxygen atoms in total. The SMILES string of the molecule is Cc1oc(NC(=O)C(C)Oc2ccc(Cl)cc2Br)c(C#N)c1C. The molecule has 1 amide bonds. The van der Waals surface area contributed by atoms with Crippen LogP contribution in [0.25, 0.3) is 0 Å². The molecule has 0 bridgehead atoms. The fraction of sp³-hybridized carbons (Fsp3) is 0.250. The topological polar surface area (TPSA) is 75.3 Å². The summed E-state index contributed by atoms with van der Waals surface area (Å²) in [6.45, 7) is 5.10. The van der Waals surface area contributed by atoms with Gasteiger partial charge < -0.3 is 9.15 Å². The van der Waals surface area contributed by atoms with E-state index in [2.05, 4.69) is 21.2 Å². The quantitative estimate of drug-likeness (QED) is 0.818. The minimum atomic E-state index is -0.787. The Morgan fingerprint density at radius 1 is 1.48 bits per heavy atom. The Hall–Kier alpha value is -1.97. The van der Waals surface area contributed by atoms with E-state index in [-0.39, 0.29) is 5.88 Å². The molecule has 1 aromatic carbocycles. The van der Waals surface area contributed by atoms with E-state index in [1.165, 1.54) is 0 Å². The van der Waals surface area contributed by atoms with Crippen molar-refractivity contribution in [2.75, 3.05) is 5.32 Å². The van der Waals surface area contributed by atoms with E-state index in [4.69, 9.17) is 26.0 Å². The lowest BCUT2D eigenvalue weighted by Crippen LogP contribution is -2.30. The summed E-state index contributed by atoms with van der Waals surface area (Å²) >= 11 is 9.19. The predicted octanol–water partition coefficient (Wildman–Crippen LogP) is 4.59. The van der Waals surface area contributed by atoms with Crippen molar-refractivity contribution in [2.24, 2.45) is 0 Å². The summed E-state index contributed by atoms with van der Waals surface area (Å²) in [7, 11) is 0. The number of aryl methyl sites for hydroxylation is 1. The Balaban J connectivity index is 2.12. The van der Waals surface area contributed by atoms with Crippen molar-refractivity contribution in [1.82, 2.24) is 0 Å². The number of halogens is 2. The lowest BCUT2D eigenvalue weighted by molar-refractivity contribution is -0.122. The van der Waals surface area contributed by atoms with Crippen molar-refractivity contribution in [3.63, 3.8) is 0 Å². The third kappa shape index (κ3) is 3.87. The molecular formula is C16H14BrClN2O3. The number of nitrogens with one attached hydrogen (secondary N) is 1. The third-order valence-corrected chi connectivity index (χ3v) is 4.16. The fourth-order valence-corrected chi connectivity index (χ4v) is 2.65. The standard InChI is InChI=1S/C16H14BrClN2O3/c1-8-9(2)23-16(12(8)7-19)20-15(21)10(3)22-14-5-4-11(18)6-13(14)17/h4-6,10H,1-3H3,(H,20,21). The van der Waals surface area contributed by atoms with Crippen LogP contribution in [0.4, 0.5) is 5.88 Å². The van der Waals surface area contributed by atoms with Crippen molar-refractivity contribution in [3.8, 4) is 11.8 Å². The first kappa shape index (κ1) is 17.4. The first-order chi connectivity index (χ1) is 10.8. The van der Waals surface area contributed by atoms with Gasteiger partial charge in [-0.25, -0.2) is 0 Å². The highest BCUT2D eigenvalue weighted by atomic mass is 79.9. The van der Waals surface area contributed by atoms with Crippen molar-refractivity contribution in [3.05, 3.63) is 44.6 Å². The van der Waals surface area contributed by atoms with E-state index in [1.54, 1.807) is 39.0 Å². The number of carbonyl (C=O) groups is 1. The maximum atomic E-state index is 12.2. The van der Waals surface area contributed by atoms with Crippen LogP contribution in [0.2, 0.25) is 5.02 Å². The van der Waals surface area contributed by atoms with Crippen LogP contribution in [0.5, 0.6) is 5.75 Å². The highest BCUT2D eigenvalue weighted by molar-refractivity contribution is 9.10. The molecule has 2 rings (SSSR count). The molecule has 120 valence electrons. The summed E-state index contributed by atoms with van der Waals surface area (Å²) in [5.41, 5.74) is 1.02. The molecule has 0 aliphatic rings. The second-order valence-corrected chi connectivity index (χ2v) is 6.21. The second-order valence-electron chi connectivity index (χ2n) is 4.92. The van der Waals surface area contributed by atoms with Crippen LogP contribution in [0, 0.1) is 25.2 Å².